The van der Waals surface area contributed by atoms with Crippen molar-refractivity contribution in [2.75, 3.05) is 19.9 Å². The number of carbonyl (C=O) groups is 3. The van der Waals surface area contributed by atoms with Crippen LogP contribution in [-0.2, 0) is 23.9 Å². The molecule has 1 aromatic carbocycles. The number of nitro benzene ring substituents is 1. The molecule has 1 N–H and O–H groups in total. The van der Waals surface area contributed by atoms with Gasteiger partial charge in [0.2, 0.25) is 0 Å². The molecule has 10 heteroatoms. The molecule has 0 unspecified atom stereocenters. The summed E-state index contributed by atoms with van der Waals surface area (Å²) in [7, 11) is 0. The summed E-state index contributed by atoms with van der Waals surface area (Å²) in [6.45, 7) is 9.74. The van der Waals surface area contributed by atoms with Crippen molar-refractivity contribution in [1.82, 2.24) is 4.90 Å². The lowest BCUT2D eigenvalue weighted by atomic mass is 9.78. The van der Waals surface area contributed by atoms with E-state index >= 15 is 0 Å². The van der Waals surface area contributed by atoms with Crippen molar-refractivity contribution in [3.05, 3.63) is 62.5 Å². The first-order chi connectivity index (χ1) is 15.8. The zero-order valence-electron chi connectivity index (χ0n) is 20.2. The molecule has 0 aliphatic carbocycles. The van der Waals surface area contributed by atoms with Crippen LogP contribution in [0.5, 0.6) is 0 Å². The minimum atomic E-state index is -1.28. The van der Waals surface area contributed by atoms with Gasteiger partial charge in [-0.15, -0.1) is 0 Å². The maximum Gasteiger partial charge on any atom is 0.334 e. The predicted molar refractivity (Wildman–Crippen MR) is 123 cm³/mol. The van der Waals surface area contributed by atoms with E-state index < -0.39 is 40.6 Å². The molecule has 0 spiro atoms. The number of Topliss-reactive ketones (excluding diaryl/α,β-unsaturated/α-hetero) is 1. The number of benzene rings is 1. The molecule has 34 heavy (non-hydrogen) atoms. The van der Waals surface area contributed by atoms with Crippen molar-refractivity contribution in [3.63, 3.8) is 0 Å². The molecule has 2 rings (SSSR count). The summed E-state index contributed by atoms with van der Waals surface area (Å²) >= 11 is 0. The fraction of sp³-hybridized carbons (Fsp3) is 0.458. The van der Waals surface area contributed by atoms with E-state index in [0.29, 0.717) is 18.0 Å². The number of nitrogens with zero attached hydrogens (tertiary/aromatic N) is 2. The highest BCUT2D eigenvalue weighted by Gasteiger charge is 2.40. The van der Waals surface area contributed by atoms with Crippen molar-refractivity contribution >= 4 is 23.4 Å². The normalized spacial score (nSPS) is 16.5. The van der Waals surface area contributed by atoms with Crippen LogP contribution < -0.4 is 0 Å². The number of ketones is 1. The third-order valence-corrected chi connectivity index (χ3v) is 5.48. The molecule has 184 valence electrons. The molecule has 0 saturated carbocycles. The Bertz CT molecular complexity index is 1060. The van der Waals surface area contributed by atoms with Gasteiger partial charge in [0.1, 0.15) is 6.73 Å². The van der Waals surface area contributed by atoms with E-state index in [1.165, 1.54) is 24.3 Å². The number of carbonyl (C=O) groups excluding carboxylic acids is 2. The van der Waals surface area contributed by atoms with E-state index in [-0.39, 0.29) is 29.1 Å². The Morgan fingerprint density at radius 1 is 1.15 bits per heavy atom. The molecule has 0 saturated heterocycles. The van der Waals surface area contributed by atoms with Crippen molar-refractivity contribution < 1.29 is 33.9 Å². The summed E-state index contributed by atoms with van der Waals surface area (Å²) in [6, 6.07) is 5.51. The number of nitro groups is 1. The summed E-state index contributed by atoms with van der Waals surface area (Å²) in [6.07, 6.45) is 0. The second-order valence-corrected chi connectivity index (χ2v) is 8.89. The molecule has 0 radical (unpaired) electrons. The number of hydrogen-bond acceptors (Lipinski definition) is 8. The Hall–Kier alpha value is -3.53. The fourth-order valence-corrected chi connectivity index (χ4v) is 3.70. The van der Waals surface area contributed by atoms with Crippen LogP contribution in [0.4, 0.5) is 5.69 Å². The first kappa shape index (κ1) is 26.7. The molecule has 0 bridgehead atoms. The minimum Gasteiger partial charge on any atom is -0.478 e. The van der Waals surface area contributed by atoms with Crippen LogP contribution in [0.1, 0.15) is 53.0 Å². The molecule has 1 heterocycles. The van der Waals surface area contributed by atoms with Crippen LogP contribution in [0.2, 0.25) is 0 Å². The number of rotatable bonds is 9. The average Bonchev–Trinajstić information content (AvgIpc) is 2.75. The highest BCUT2D eigenvalue weighted by atomic mass is 16.6. The SMILES string of the molecule is CCOCN1C(C)=C(C(=O)O)[C@@H](c2cccc([N+](=O)[O-])c2)C(C(=O)COC(=O)C(C)(C)C)=C1C. The molecule has 0 fully saturated rings. The summed E-state index contributed by atoms with van der Waals surface area (Å²) in [4.78, 5) is 50.3. The second kappa shape index (κ2) is 10.6. The van der Waals surface area contributed by atoms with Gasteiger partial charge >= 0.3 is 11.9 Å². The lowest BCUT2D eigenvalue weighted by Crippen LogP contribution is -2.37. The van der Waals surface area contributed by atoms with Gasteiger partial charge in [0.25, 0.3) is 5.69 Å². The van der Waals surface area contributed by atoms with E-state index in [9.17, 15) is 29.6 Å². The van der Waals surface area contributed by atoms with Crippen LogP contribution in [0.25, 0.3) is 0 Å². The number of esters is 1. The second-order valence-electron chi connectivity index (χ2n) is 8.89. The highest BCUT2D eigenvalue weighted by Crippen LogP contribution is 2.43. The minimum absolute atomic E-state index is 0.00512. The van der Waals surface area contributed by atoms with Gasteiger partial charge in [0, 0.05) is 41.6 Å². The van der Waals surface area contributed by atoms with Gasteiger partial charge in [-0.25, -0.2) is 4.79 Å². The quantitative estimate of drug-likeness (QED) is 0.322. The smallest absolute Gasteiger partial charge is 0.334 e. The Kier molecular flexibility index (Phi) is 8.33. The summed E-state index contributed by atoms with van der Waals surface area (Å²) in [5, 5.41) is 21.4. The topological polar surface area (TPSA) is 136 Å². The third kappa shape index (κ3) is 5.69. The number of non-ortho nitro benzene ring substituents is 1. The molecular weight excluding hydrogens is 444 g/mol. The number of allylic oxidation sites excluding steroid dienone is 2. The average molecular weight is 475 g/mol. The number of ether oxygens (including phenoxy) is 2. The molecule has 1 aliphatic heterocycles. The van der Waals surface area contributed by atoms with Crippen LogP contribution in [0, 0.1) is 15.5 Å². The summed E-state index contributed by atoms with van der Waals surface area (Å²) < 4.78 is 10.7. The lowest BCUT2D eigenvalue weighted by molar-refractivity contribution is -0.384. The van der Waals surface area contributed by atoms with Gasteiger partial charge in [-0.1, -0.05) is 12.1 Å². The molecule has 10 nitrogen and oxygen atoms in total. The van der Waals surface area contributed by atoms with E-state index in [4.69, 9.17) is 9.47 Å². The molecular formula is C24H30N2O8. The van der Waals surface area contributed by atoms with Crippen LogP contribution in [0.15, 0.2) is 46.8 Å². The Morgan fingerprint density at radius 2 is 1.76 bits per heavy atom. The molecule has 0 amide bonds. The Morgan fingerprint density at radius 3 is 2.29 bits per heavy atom. The van der Waals surface area contributed by atoms with Crippen molar-refractivity contribution in [3.8, 4) is 0 Å². The van der Waals surface area contributed by atoms with Crippen LogP contribution in [0.3, 0.4) is 0 Å². The number of hydrogen-bond donors (Lipinski definition) is 1. The summed E-state index contributed by atoms with van der Waals surface area (Å²) in [5.74, 6) is -3.56. The van der Waals surface area contributed by atoms with E-state index in [1.54, 1.807) is 46.4 Å². The molecule has 0 aromatic heterocycles. The fourth-order valence-electron chi connectivity index (χ4n) is 3.70. The van der Waals surface area contributed by atoms with Gasteiger partial charge in [0.15, 0.2) is 12.4 Å². The Balaban J connectivity index is 2.67. The zero-order valence-corrected chi connectivity index (χ0v) is 20.2. The van der Waals surface area contributed by atoms with Gasteiger partial charge in [-0.05, 0) is 47.1 Å². The van der Waals surface area contributed by atoms with Crippen molar-refractivity contribution in [2.24, 2.45) is 5.41 Å². The van der Waals surface area contributed by atoms with Gasteiger partial charge in [0.05, 0.1) is 15.9 Å². The maximum absolute atomic E-state index is 13.4. The zero-order chi connectivity index (χ0) is 25.8. The molecule has 1 aromatic rings. The monoisotopic (exact) mass is 474 g/mol. The van der Waals surface area contributed by atoms with E-state index in [0.717, 1.165) is 0 Å². The Labute approximate surface area is 198 Å². The number of aliphatic carboxylic acids is 1. The first-order valence-electron chi connectivity index (χ1n) is 10.8. The number of carboxylic acids is 1. The number of carboxylic acid groups (broad SMARTS) is 1. The maximum atomic E-state index is 13.4. The van der Waals surface area contributed by atoms with Crippen LogP contribution >= 0.6 is 0 Å². The van der Waals surface area contributed by atoms with Crippen molar-refractivity contribution in [2.45, 2.75) is 47.5 Å². The van der Waals surface area contributed by atoms with E-state index in [2.05, 4.69) is 0 Å². The van der Waals surface area contributed by atoms with Crippen molar-refractivity contribution in [1.29, 1.82) is 0 Å². The lowest BCUT2D eigenvalue weighted by Gasteiger charge is -2.37. The highest BCUT2D eigenvalue weighted by molar-refractivity contribution is 6.04. The van der Waals surface area contributed by atoms with E-state index in [1.807, 2.05) is 0 Å². The molecule has 1 atom stereocenters. The van der Waals surface area contributed by atoms with Gasteiger partial charge < -0.3 is 19.5 Å². The molecule has 1 aliphatic rings. The standard InChI is InChI=1S/C24H30N2O8/c1-7-33-13-25-14(2)19(18(27)12-34-23(30)24(4,5)6)21(20(15(25)3)22(28)29)16-9-8-10-17(11-16)26(31)32/h8-11,21H,7,12-13H2,1-6H3,(H,28,29)/t21-/m0/s1. The largest absolute Gasteiger partial charge is 0.478 e. The van der Waals surface area contributed by atoms with Gasteiger partial charge in [-0.3, -0.25) is 19.7 Å². The van der Waals surface area contributed by atoms with Gasteiger partial charge in [-0.2, -0.15) is 0 Å². The predicted octanol–water partition coefficient (Wildman–Crippen LogP) is 3.78. The third-order valence-electron chi connectivity index (χ3n) is 5.48. The van der Waals surface area contributed by atoms with Crippen LogP contribution in [-0.4, -0.2) is 52.6 Å². The summed E-state index contributed by atoms with van der Waals surface area (Å²) in [5.41, 5.74) is -0.0739. The first-order valence-corrected chi connectivity index (χ1v) is 10.8.